The van der Waals surface area contributed by atoms with Crippen molar-refractivity contribution in [2.24, 2.45) is 0 Å². The second-order valence-corrected chi connectivity index (χ2v) is 44.5. The van der Waals surface area contributed by atoms with Gasteiger partial charge in [0.1, 0.15) is 19.0 Å². The van der Waals surface area contributed by atoms with Crippen molar-refractivity contribution in [2.45, 2.75) is 5.41 Å². The third-order valence-corrected chi connectivity index (χ3v) is 37.7. The van der Waals surface area contributed by atoms with Crippen LogP contribution in [-0.2, 0) is 5.41 Å². The second kappa shape index (κ2) is 31.3. The van der Waals surface area contributed by atoms with Crippen LogP contribution < -0.4 is 0 Å². The zero-order valence-electron chi connectivity index (χ0n) is 79.6. The minimum atomic E-state index is -0.438. The van der Waals surface area contributed by atoms with Crippen molar-refractivity contribution in [3.8, 4) is 56.4 Å². The van der Waals surface area contributed by atoms with Gasteiger partial charge in [-0.3, -0.25) is 0 Å². The van der Waals surface area contributed by atoms with Crippen LogP contribution in [0.25, 0.3) is 288 Å². The normalized spacial score (nSPS) is 12.9. The summed E-state index contributed by atoms with van der Waals surface area (Å²) < 4.78 is 27.1. The summed E-state index contributed by atoms with van der Waals surface area (Å²) in [5.74, 6) is 0. The first-order chi connectivity index (χ1) is 74.5. The lowest BCUT2D eigenvalue weighted by molar-refractivity contribution is 0.792. The van der Waals surface area contributed by atoms with E-state index in [1.165, 1.54) is 252 Å². The van der Waals surface area contributed by atoms with Gasteiger partial charge in [-0.2, -0.15) is 0 Å². The summed E-state index contributed by atoms with van der Waals surface area (Å²) in [6.45, 7) is 0. The molecule has 14 heterocycles. The fourth-order valence-electron chi connectivity index (χ4n) is 26.3. The number of aromatic nitrogens is 12. The molecule has 0 bridgehead atoms. The molecule has 0 radical (unpaired) electrons. The van der Waals surface area contributed by atoms with Gasteiger partial charge in [0.05, 0.1) is 127 Å². The number of nitrogens with zero attached hydrogens (tertiary/aromatic N) is 12. The minimum absolute atomic E-state index is 0.438. The number of hydrogen-bond donors (Lipinski definition) is 0. The maximum Gasteiger partial charge on any atom is 0.116 e. The Bertz CT molecular complexity index is 11800. The topological polar surface area (TPSA) is 107 Å². The zero-order chi connectivity index (χ0) is 97.6. The van der Waals surface area contributed by atoms with Crippen molar-refractivity contribution in [3.05, 3.63) is 472 Å². The number of hydrogen-bond acceptors (Lipinski definition) is 11. The molecule has 2 aliphatic rings. The highest BCUT2D eigenvalue weighted by molar-refractivity contribution is 7.28. The average Bonchev–Trinajstić information content (AvgIpc) is 1.50. The number of fused-ring (bicyclic) bond motifs is 52. The van der Waals surface area contributed by atoms with Crippen LogP contribution >= 0.6 is 56.7 Å². The van der Waals surface area contributed by atoms with E-state index >= 15 is 0 Å². The molecule has 0 atom stereocenters. The monoisotopic (exact) mass is 2000 g/mol. The van der Waals surface area contributed by atoms with Gasteiger partial charge in [0, 0.05) is 163 Å². The van der Waals surface area contributed by atoms with Gasteiger partial charge < -0.3 is 27.4 Å². The van der Waals surface area contributed by atoms with Gasteiger partial charge in [-0.05, 0) is 166 Å². The van der Waals surface area contributed by atoms with E-state index in [2.05, 4.69) is 455 Å². The number of para-hydroxylation sites is 9. The summed E-state index contributed by atoms with van der Waals surface area (Å²) in [5, 5.41) is 23.8. The molecular formula is C133H74N12S5. The van der Waals surface area contributed by atoms with E-state index in [-0.39, 0.29) is 0 Å². The van der Waals surface area contributed by atoms with Crippen LogP contribution in [0, 0.1) is 0 Å². The first-order valence-corrected chi connectivity index (χ1v) is 54.6. The van der Waals surface area contributed by atoms with Gasteiger partial charge in [-0.1, -0.05) is 291 Å². The minimum Gasteiger partial charge on any atom is -0.308 e. The Kier molecular flexibility index (Phi) is 17.3. The average molecular weight is 2000 g/mol. The lowest BCUT2D eigenvalue weighted by Gasteiger charge is -2.30. The highest BCUT2D eigenvalue weighted by Gasteiger charge is 2.52. The number of benzene rings is 20. The Labute approximate surface area is 872 Å². The molecule has 36 rings (SSSR count). The van der Waals surface area contributed by atoms with Crippen LogP contribution in [-0.4, -0.2) is 57.3 Å². The molecule has 17 heteroatoms. The molecule has 20 aromatic carbocycles. The van der Waals surface area contributed by atoms with Crippen molar-refractivity contribution in [3.63, 3.8) is 0 Å². The zero-order valence-corrected chi connectivity index (χ0v) is 83.7. The summed E-state index contributed by atoms with van der Waals surface area (Å²) in [5.41, 5.74) is 34.5. The Balaban J connectivity index is 0.0000000967. The van der Waals surface area contributed by atoms with Crippen LogP contribution in [0.4, 0.5) is 0 Å². The second-order valence-electron chi connectivity index (χ2n) is 39.2. The van der Waals surface area contributed by atoms with E-state index in [0.29, 0.717) is 0 Å². The lowest BCUT2D eigenvalue weighted by atomic mass is 9.70. The Morgan fingerprint density at radius 2 is 0.473 bits per heavy atom. The van der Waals surface area contributed by atoms with E-state index < -0.39 is 5.41 Å². The molecule has 12 nitrogen and oxygen atoms in total. The summed E-state index contributed by atoms with van der Waals surface area (Å²) >= 11 is 9.13. The first-order valence-electron chi connectivity index (χ1n) is 50.5. The SMILES string of the molecule is c1ccc(-n2c3ccccc3c3c4c5ccccc5n(-c5ccc6c(c5)C5(c7ccccc7-c7ccccc75)c5ccccc5-6)c4c4sc5cncnc5c4c32)cc1.c1ccc(-n2c3ccccc3c3c4c5ccccc5n(-c5ccc6sc7ccccc7c6c5)c4c4sc5cncnc5c4c32)cc1.c1ccc(-n2c3ccccc3c3c4c5ccccc5n(-c5cccc6c5sc5ccccc56)c4c4sc5cncnc5c4c32)cc1. The van der Waals surface area contributed by atoms with Crippen molar-refractivity contribution in [2.75, 3.05) is 0 Å². The third kappa shape index (κ3) is 11.1. The summed E-state index contributed by atoms with van der Waals surface area (Å²) in [7, 11) is 0. The molecule has 0 saturated heterocycles. The smallest absolute Gasteiger partial charge is 0.116 e. The molecule has 696 valence electrons. The standard InChI is InChI=1S/C53H30N4S.2C40H22N4S2/c1-2-14-31(15-3-1)56-43-24-12-7-19-37(43)46-47-38-20-8-13-25-44(38)57(51(47)52-48(50(46)56)49-45(58-52)29-54-30-55-49)32-26-27-36-35-18-6-11-23-41(35)53(42(36)28-32)39-21-9-4-16-33(39)34-17-5-10-22-40(34)53;1-2-11-23(12-3-1)43-28-17-7-4-14-26(28)33-34-27-15-5-8-18-29(27)44(30-19-10-16-25-24-13-6-9-20-31(24)45-39(25)30)38(34)40-35(37(33)43)36-32(46-40)21-41-22-42-36;1-2-10-23(11-3-1)43-29-15-7-4-13-26(29)34-35-27-14-5-8-16-30(27)44(24-18-19-32-28(20-24)25-12-6-9-17-31(25)45-32)39(35)40-36(38(34)43)37-33(46-40)21-41-22-42-37/h1-30H;2*1-22H. The molecule has 0 unspecified atom stereocenters. The summed E-state index contributed by atoms with van der Waals surface area (Å²) in [6.07, 6.45) is 11.0. The van der Waals surface area contributed by atoms with Crippen molar-refractivity contribution in [1.82, 2.24) is 57.3 Å². The fraction of sp³-hybridized carbons (Fsp3) is 0.00752. The van der Waals surface area contributed by atoms with Crippen LogP contribution in [0.1, 0.15) is 22.3 Å². The van der Waals surface area contributed by atoms with Gasteiger partial charge in [-0.15, -0.1) is 56.7 Å². The molecule has 0 amide bonds. The molecule has 150 heavy (non-hydrogen) atoms. The fourth-order valence-corrected chi connectivity index (χ4v) is 32.1. The molecule has 0 fully saturated rings. The summed E-state index contributed by atoms with van der Waals surface area (Å²) in [4.78, 5) is 28.4. The predicted molar refractivity (Wildman–Crippen MR) is 633 cm³/mol. The Morgan fingerprint density at radius 3 is 0.887 bits per heavy atom. The van der Waals surface area contributed by atoms with Gasteiger partial charge in [0.2, 0.25) is 0 Å². The van der Waals surface area contributed by atoms with E-state index in [9.17, 15) is 0 Å². The molecule has 0 aliphatic heterocycles. The molecule has 0 N–H and O–H groups in total. The molecule has 0 saturated carbocycles. The molecule has 1 spiro atoms. The van der Waals surface area contributed by atoms with Crippen molar-refractivity contribution >= 4 is 289 Å². The molecule has 2 aliphatic carbocycles. The van der Waals surface area contributed by atoms with Gasteiger partial charge in [-0.25, -0.2) is 29.9 Å². The van der Waals surface area contributed by atoms with Gasteiger partial charge >= 0.3 is 0 Å². The van der Waals surface area contributed by atoms with Crippen LogP contribution in [0.3, 0.4) is 0 Å². The highest BCUT2D eigenvalue weighted by Crippen LogP contribution is 2.65. The lowest BCUT2D eigenvalue weighted by Crippen LogP contribution is -2.26. The Hall–Kier alpha value is -18.5. The van der Waals surface area contributed by atoms with Gasteiger partial charge in [0.15, 0.2) is 0 Å². The predicted octanol–water partition coefficient (Wildman–Crippen LogP) is 36.2. The van der Waals surface area contributed by atoms with Crippen LogP contribution in [0.15, 0.2) is 450 Å². The summed E-state index contributed by atoms with van der Waals surface area (Å²) in [6, 6.07) is 151. The molecule has 14 aromatic heterocycles. The number of thiophene rings is 5. The molecular weight excluding hydrogens is 1930 g/mol. The van der Waals surface area contributed by atoms with Gasteiger partial charge in [0.25, 0.3) is 0 Å². The first kappa shape index (κ1) is 82.8. The van der Waals surface area contributed by atoms with E-state index in [0.717, 1.165) is 58.8 Å². The van der Waals surface area contributed by atoms with Crippen LogP contribution in [0.5, 0.6) is 0 Å². The number of rotatable bonds is 6. The van der Waals surface area contributed by atoms with Crippen LogP contribution in [0.2, 0.25) is 0 Å². The molecule has 34 aromatic rings. The van der Waals surface area contributed by atoms with Crippen molar-refractivity contribution in [1.29, 1.82) is 0 Å². The van der Waals surface area contributed by atoms with Crippen molar-refractivity contribution < 1.29 is 0 Å². The van der Waals surface area contributed by atoms with E-state index in [1.54, 1.807) is 53.0 Å². The third-order valence-electron chi connectivity index (χ3n) is 31.9. The quantitative estimate of drug-likeness (QED) is 0.164. The largest absolute Gasteiger partial charge is 0.308 e. The maximum absolute atomic E-state index is 5.03. The van der Waals surface area contributed by atoms with E-state index in [1.807, 2.05) is 41.3 Å². The highest BCUT2D eigenvalue weighted by atomic mass is 32.1. The Morgan fingerprint density at radius 1 is 0.180 bits per heavy atom. The maximum atomic E-state index is 5.03. The van der Waals surface area contributed by atoms with E-state index in [4.69, 9.17) is 15.0 Å².